The van der Waals surface area contributed by atoms with Gasteiger partial charge in [-0.2, -0.15) is 0 Å². The van der Waals surface area contributed by atoms with E-state index in [-0.39, 0.29) is 11.7 Å². The summed E-state index contributed by atoms with van der Waals surface area (Å²) in [5, 5.41) is 13.1. The van der Waals surface area contributed by atoms with Crippen LogP contribution in [0.2, 0.25) is 10.0 Å². The Bertz CT molecular complexity index is 1330. The summed E-state index contributed by atoms with van der Waals surface area (Å²) in [6.45, 7) is 2.51. The smallest absolute Gasteiger partial charge is 0.234 e. The van der Waals surface area contributed by atoms with Crippen LogP contribution in [0.4, 0.5) is 5.69 Å². The van der Waals surface area contributed by atoms with Crippen LogP contribution in [0.5, 0.6) is 11.5 Å². The molecule has 1 amide bonds. The normalized spacial score (nSPS) is 10.7. The SMILES string of the molecule is CCOc1ccc(-n2c(SCC(=O)Nc3ccc(OC)c(Cl)c3)nnc2-c2ccccc2Cl)cc1. The van der Waals surface area contributed by atoms with Crippen molar-refractivity contribution in [1.82, 2.24) is 14.8 Å². The number of carbonyl (C=O) groups excluding carboxylic acids is 1. The van der Waals surface area contributed by atoms with Gasteiger partial charge in [0.1, 0.15) is 11.5 Å². The molecule has 3 aromatic carbocycles. The summed E-state index contributed by atoms with van der Waals surface area (Å²) in [6.07, 6.45) is 0. The summed E-state index contributed by atoms with van der Waals surface area (Å²) in [7, 11) is 1.54. The lowest BCUT2D eigenvalue weighted by Crippen LogP contribution is -2.14. The van der Waals surface area contributed by atoms with Gasteiger partial charge in [-0.3, -0.25) is 9.36 Å². The highest BCUT2D eigenvalue weighted by Crippen LogP contribution is 2.33. The average Bonchev–Trinajstić information content (AvgIpc) is 3.27. The monoisotopic (exact) mass is 528 g/mol. The number of rotatable bonds is 9. The number of hydrogen-bond acceptors (Lipinski definition) is 6. The molecular formula is C25H22Cl2N4O3S. The van der Waals surface area contributed by atoms with Gasteiger partial charge < -0.3 is 14.8 Å². The van der Waals surface area contributed by atoms with Crippen molar-refractivity contribution in [3.05, 3.63) is 76.8 Å². The highest BCUT2D eigenvalue weighted by Gasteiger charge is 2.19. The summed E-state index contributed by atoms with van der Waals surface area (Å²) in [5.74, 6) is 1.77. The topological polar surface area (TPSA) is 78.3 Å². The maximum Gasteiger partial charge on any atom is 0.234 e. The van der Waals surface area contributed by atoms with E-state index in [9.17, 15) is 4.79 Å². The number of halogens is 2. The zero-order valence-corrected chi connectivity index (χ0v) is 21.3. The molecule has 0 aliphatic carbocycles. The van der Waals surface area contributed by atoms with Gasteiger partial charge in [-0.15, -0.1) is 10.2 Å². The Labute approximate surface area is 217 Å². The molecule has 1 heterocycles. The molecule has 0 fully saturated rings. The number of carbonyl (C=O) groups is 1. The fourth-order valence-electron chi connectivity index (χ4n) is 3.34. The van der Waals surface area contributed by atoms with E-state index in [0.717, 1.165) is 17.0 Å². The number of nitrogens with zero attached hydrogens (tertiary/aromatic N) is 3. The number of thioether (sulfide) groups is 1. The number of amides is 1. The third-order valence-corrected chi connectivity index (χ3v) is 6.48. The minimum atomic E-state index is -0.211. The van der Waals surface area contributed by atoms with E-state index in [2.05, 4.69) is 15.5 Å². The molecule has 10 heteroatoms. The first-order valence-corrected chi connectivity index (χ1v) is 12.4. The minimum absolute atomic E-state index is 0.112. The Balaban J connectivity index is 1.59. The Kier molecular flexibility index (Phi) is 8.17. The third-order valence-electron chi connectivity index (χ3n) is 4.92. The standard InChI is InChI=1S/C25H22Cl2N4O3S/c1-3-34-18-11-9-17(10-12-18)31-24(19-6-4-5-7-20(19)26)29-30-25(31)35-15-23(32)28-16-8-13-22(33-2)21(27)14-16/h4-14H,3,15H2,1-2H3,(H,28,32). The maximum absolute atomic E-state index is 12.6. The quantitative estimate of drug-likeness (QED) is 0.254. The summed E-state index contributed by atoms with van der Waals surface area (Å²) in [5.41, 5.74) is 2.13. The van der Waals surface area contributed by atoms with E-state index >= 15 is 0 Å². The Morgan fingerprint density at radius 1 is 1.03 bits per heavy atom. The molecule has 0 saturated carbocycles. The number of hydrogen-bond donors (Lipinski definition) is 1. The van der Waals surface area contributed by atoms with Crippen molar-refractivity contribution in [3.8, 4) is 28.6 Å². The van der Waals surface area contributed by atoms with E-state index in [1.165, 1.54) is 18.9 Å². The van der Waals surface area contributed by atoms with E-state index in [4.69, 9.17) is 32.7 Å². The zero-order chi connectivity index (χ0) is 24.8. The number of benzene rings is 3. The van der Waals surface area contributed by atoms with Crippen LogP contribution in [0.3, 0.4) is 0 Å². The Morgan fingerprint density at radius 2 is 1.80 bits per heavy atom. The van der Waals surface area contributed by atoms with Gasteiger partial charge in [0.15, 0.2) is 11.0 Å². The number of methoxy groups -OCH3 is 1. The largest absolute Gasteiger partial charge is 0.495 e. The second-order valence-corrected chi connectivity index (χ2v) is 8.99. The molecule has 0 atom stereocenters. The van der Waals surface area contributed by atoms with E-state index in [0.29, 0.717) is 39.1 Å². The maximum atomic E-state index is 12.6. The van der Waals surface area contributed by atoms with Gasteiger partial charge >= 0.3 is 0 Å². The summed E-state index contributed by atoms with van der Waals surface area (Å²) in [6, 6.07) is 20.1. The van der Waals surface area contributed by atoms with Crippen molar-refractivity contribution in [3.63, 3.8) is 0 Å². The molecule has 0 spiro atoms. The lowest BCUT2D eigenvalue weighted by Gasteiger charge is -2.12. The number of anilines is 1. The first kappa shape index (κ1) is 24.9. The molecule has 1 aromatic heterocycles. The van der Waals surface area contributed by atoms with Gasteiger partial charge in [0, 0.05) is 16.9 Å². The van der Waals surface area contributed by atoms with Gasteiger partial charge in [-0.25, -0.2) is 0 Å². The van der Waals surface area contributed by atoms with Crippen molar-refractivity contribution in [1.29, 1.82) is 0 Å². The van der Waals surface area contributed by atoms with Crippen molar-refractivity contribution >= 4 is 46.6 Å². The van der Waals surface area contributed by atoms with Gasteiger partial charge in [0.2, 0.25) is 5.91 Å². The van der Waals surface area contributed by atoms with Crippen molar-refractivity contribution in [2.24, 2.45) is 0 Å². The molecule has 0 bridgehead atoms. The van der Waals surface area contributed by atoms with Crippen LogP contribution in [-0.2, 0) is 4.79 Å². The predicted octanol–water partition coefficient (Wildman–Crippen LogP) is 6.38. The van der Waals surface area contributed by atoms with Crippen LogP contribution in [0.15, 0.2) is 71.9 Å². The van der Waals surface area contributed by atoms with Gasteiger partial charge in [0.25, 0.3) is 0 Å². The fourth-order valence-corrected chi connectivity index (χ4v) is 4.57. The molecule has 35 heavy (non-hydrogen) atoms. The van der Waals surface area contributed by atoms with Crippen molar-refractivity contribution in [2.75, 3.05) is 24.8 Å². The number of ether oxygens (including phenoxy) is 2. The number of aromatic nitrogens is 3. The molecule has 180 valence electrons. The molecule has 1 N–H and O–H groups in total. The highest BCUT2D eigenvalue weighted by molar-refractivity contribution is 7.99. The van der Waals surface area contributed by atoms with Crippen LogP contribution < -0.4 is 14.8 Å². The number of nitrogens with one attached hydrogen (secondary N) is 1. The van der Waals surface area contributed by atoms with Crippen LogP contribution >= 0.6 is 35.0 Å². The predicted molar refractivity (Wildman–Crippen MR) is 140 cm³/mol. The summed E-state index contributed by atoms with van der Waals surface area (Å²) in [4.78, 5) is 12.6. The van der Waals surface area contributed by atoms with Crippen LogP contribution in [0, 0.1) is 0 Å². The van der Waals surface area contributed by atoms with Gasteiger partial charge in [-0.1, -0.05) is 47.1 Å². The molecule has 4 aromatic rings. The molecule has 0 aliphatic rings. The fraction of sp³-hybridized carbons (Fsp3) is 0.160. The lowest BCUT2D eigenvalue weighted by atomic mass is 10.2. The highest BCUT2D eigenvalue weighted by atomic mass is 35.5. The van der Waals surface area contributed by atoms with E-state index < -0.39 is 0 Å². The van der Waals surface area contributed by atoms with Crippen LogP contribution in [0.25, 0.3) is 17.1 Å². The van der Waals surface area contributed by atoms with Gasteiger partial charge in [-0.05, 0) is 61.5 Å². The second kappa shape index (κ2) is 11.5. The Hall–Kier alpha value is -3.20. The molecule has 4 rings (SSSR count). The van der Waals surface area contributed by atoms with Crippen LogP contribution in [0.1, 0.15) is 6.92 Å². The first-order valence-electron chi connectivity index (χ1n) is 10.7. The molecular weight excluding hydrogens is 507 g/mol. The molecule has 0 unspecified atom stereocenters. The molecule has 7 nitrogen and oxygen atoms in total. The van der Waals surface area contributed by atoms with E-state index in [1.54, 1.807) is 24.3 Å². The lowest BCUT2D eigenvalue weighted by molar-refractivity contribution is -0.113. The second-order valence-electron chi connectivity index (χ2n) is 7.23. The molecule has 0 saturated heterocycles. The first-order chi connectivity index (χ1) is 17.0. The van der Waals surface area contributed by atoms with Crippen LogP contribution in [-0.4, -0.2) is 40.1 Å². The Morgan fingerprint density at radius 3 is 2.49 bits per heavy atom. The van der Waals surface area contributed by atoms with Crippen molar-refractivity contribution < 1.29 is 14.3 Å². The summed E-state index contributed by atoms with van der Waals surface area (Å²) >= 11 is 13.9. The van der Waals surface area contributed by atoms with E-state index in [1.807, 2.05) is 54.0 Å². The summed E-state index contributed by atoms with van der Waals surface area (Å²) < 4.78 is 12.6. The third kappa shape index (κ3) is 5.90. The zero-order valence-electron chi connectivity index (χ0n) is 19.0. The molecule has 0 radical (unpaired) electrons. The average molecular weight is 529 g/mol. The van der Waals surface area contributed by atoms with Gasteiger partial charge in [0.05, 0.1) is 29.5 Å². The minimum Gasteiger partial charge on any atom is -0.495 e. The molecule has 0 aliphatic heterocycles. The van der Waals surface area contributed by atoms with Crippen molar-refractivity contribution in [2.45, 2.75) is 12.1 Å².